The summed E-state index contributed by atoms with van der Waals surface area (Å²) in [7, 11) is 1.49. The molecule has 10 nitrogen and oxygen atoms in total. The lowest BCUT2D eigenvalue weighted by molar-refractivity contribution is -0.151. The fourth-order valence-electron chi connectivity index (χ4n) is 7.15. The Labute approximate surface area is 307 Å². The van der Waals surface area contributed by atoms with Gasteiger partial charge in [-0.15, -0.1) is 6.58 Å². The van der Waals surface area contributed by atoms with Crippen molar-refractivity contribution in [3.05, 3.63) is 61.5 Å². The SMILES string of the molecule is C=CCC[C@@H]1C[C@@H](C)C[C@H]1OC(=O)N[C@H](C(=C)N1C[C@H](Oc2nc3cc(OC)ccc3nc2C(F)(F)C=C)[C@@H](C)[C@H]1C(=O)OCC(C)C)C(C)(C)C. The summed E-state index contributed by atoms with van der Waals surface area (Å²) >= 11 is 0. The largest absolute Gasteiger partial charge is 0.497 e. The maximum Gasteiger partial charge on any atom is 0.407 e. The third-order valence-electron chi connectivity index (χ3n) is 9.97. The number of methoxy groups -OCH3 is 1. The van der Waals surface area contributed by atoms with Gasteiger partial charge in [-0.05, 0) is 67.1 Å². The topological polar surface area (TPSA) is 112 Å². The molecule has 2 aliphatic rings. The monoisotopic (exact) mass is 726 g/mol. The molecule has 2 aromatic rings. The molecule has 2 heterocycles. The van der Waals surface area contributed by atoms with Crippen molar-refractivity contribution in [3.8, 4) is 11.6 Å². The number of nitrogens with one attached hydrogen (secondary N) is 1. The van der Waals surface area contributed by atoms with Crippen LogP contribution in [-0.4, -0.2) is 71.5 Å². The van der Waals surface area contributed by atoms with Crippen LogP contribution >= 0.6 is 0 Å². The highest BCUT2D eigenvalue weighted by Gasteiger charge is 2.49. The Bertz CT molecular complexity index is 1620. The van der Waals surface area contributed by atoms with E-state index in [9.17, 15) is 9.59 Å². The molecule has 1 amide bonds. The zero-order valence-corrected chi connectivity index (χ0v) is 31.9. The smallest absolute Gasteiger partial charge is 0.407 e. The molecule has 52 heavy (non-hydrogen) atoms. The number of likely N-dealkylation sites (tertiary alicyclic amines) is 1. The summed E-state index contributed by atoms with van der Waals surface area (Å²) in [5.41, 5.74) is -0.329. The molecule has 4 rings (SSSR count). The number of alkyl carbamates (subject to hydrolysis) is 1. The fraction of sp³-hybridized carbons (Fsp3) is 0.600. The summed E-state index contributed by atoms with van der Waals surface area (Å²) in [5, 5.41) is 3.05. The van der Waals surface area contributed by atoms with Crippen LogP contribution in [0, 0.1) is 29.1 Å². The second-order valence-corrected chi connectivity index (χ2v) is 15.8. The van der Waals surface area contributed by atoms with Gasteiger partial charge in [0.15, 0.2) is 5.69 Å². The normalized spacial score (nSPS) is 24.0. The summed E-state index contributed by atoms with van der Waals surface area (Å²) in [5.74, 6) is -3.84. The third kappa shape index (κ3) is 9.41. The average molecular weight is 727 g/mol. The molecular weight excluding hydrogens is 670 g/mol. The van der Waals surface area contributed by atoms with Crippen molar-refractivity contribution in [2.45, 2.75) is 104 Å². The Kier molecular flexibility index (Phi) is 13.0. The van der Waals surface area contributed by atoms with Gasteiger partial charge in [0, 0.05) is 17.7 Å². The lowest BCUT2D eigenvalue weighted by Gasteiger charge is -2.39. The Morgan fingerprint density at radius 3 is 2.42 bits per heavy atom. The van der Waals surface area contributed by atoms with Gasteiger partial charge in [-0.25, -0.2) is 19.6 Å². The van der Waals surface area contributed by atoms with Crippen LogP contribution in [0.25, 0.3) is 11.0 Å². The van der Waals surface area contributed by atoms with Crippen LogP contribution in [0.4, 0.5) is 13.6 Å². The van der Waals surface area contributed by atoms with E-state index in [1.807, 2.05) is 40.7 Å². The Morgan fingerprint density at radius 2 is 1.81 bits per heavy atom. The minimum Gasteiger partial charge on any atom is -0.497 e. The first-order valence-electron chi connectivity index (χ1n) is 18.1. The number of hydrogen-bond donors (Lipinski definition) is 1. The molecule has 0 unspecified atom stereocenters. The van der Waals surface area contributed by atoms with Crippen LogP contribution in [0.5, 0.6) is 11.6 Å². The molecule has 1 aromatic carbocycles. The molecule has 1 saturated carbocycles. The number of hydrogen-bond acceptors (Lipinski definition) is 9. The molecule has 2 fully saturated rings. The summed E-state index contributed by atoms with van der Waals surface area (Å²) < 4.78 is 54.0. The van der Waals surface area contributed by atoms with Gasteiger partial charge in [0.05, 0.1) is 37.3 Å². The predicted molar refractivity (Wildman–Crippen MR) is 197 cm³/mol. The first-order chi connectivity index (χ1) is 24.4. The summed E-state index contributed by atoms with van der Waals surface area (Å²) in [6, 6.07) is 3.14. The van der Waals surface area contributed by atoms with Gasteiger partial charge in [-0.1, -0.05) is 67.7 Å². The van der Waals surface area contributed by atoms with E-state index in [-0.39, 0.29) is 42.1 Å². The quantitative estimate of drug-likeness (QED) is 0.143. The third-order valence-corrected chi connectivity index (χ3v) is 9.97. The number of ether oxygens (including phenoxy) is 4. The van der Waals surface area contributed by atoms with E-state index in [0.717, 1.165) is 25.7 Å². The highest BCUT2D eigenvalue weighted by molar-refractivity contribution is 5.78. The molecule has 7 atom stereocenters. The van der Waals surface area contributed by atoms with Gasteiger partial charge in [0.25, 0.3) is 0 Å². The molecule has 1 aliphatic heterocycles. The highest BCUT2D eigenvalue weighted by atomic mass is 19.3. The van der Waals surface area contributed by atoms with Crippen LogP contribution in [-0.2, 0) is 20.2 Å². The van der Waals surface area contributed by atoms with Crippen molar-refractivity contribution in [2.24, 2.45) is 29.1 Å². The number of halogens is 2. The van der Waals surface area contributed by atoms with Crippen molar-refractivity contribution >= 4 is 23.1 Å². The lowest BCUT2D eigenvalue weighted by atomic mass is 9.84. The van der Waals surface area contributed by atoms with Crippen LogP contribution < -0.4 is 14.8 Å². The summed E-state index contributed by atoms with van der Waals surface area (Å²) in [4.78, 5) is 37.8. The second kappa shape index (κ2) is 16.6. The summed E-state index contributed by atoms with van der Waals surface area (Å²) in [6.45, 7) is 25.5. The number of nitrogens with zero attached hydrogens (tertiary/aromatic N) is 3. The maximum absolute atomic E-state index is 15.3. The standard InChI is InChI=1S/C40H56F2N4O6/c1-12-14-15-27-18-24(5)19-31(27)52-38(48)45-34(39(8,9)10)26(7)46-21-32(25(6)33(46)37(47)50-22-23(3)4)51-36-35(40(41,42)13-2)43-29-17-16-28(49-11)20-30(29)44-36/h12-13,16-17,20,23-25,27,31-34H,1-2,7,14-15,18-19,21-22H2,3-6,8-11H3,(H,45,48)/t24-,25-,27-,31-,32+,33+,34-/m1/s1. The molecule has 12 heteroatoms. The van der Waals surface area contributed by atoms with Gasteiger partial charge in [-0.3, -0.25) is 0 Å². The molecule has 0 bridgehead atoms. The van der Waals surface area contributed by atoms with Crippen molar-refractivity contribution < 1.29 is 37.3 Å². The zero-order valence-electron chi connectivity index (χ0n) is 31.9. The maximum atomic E-state index is 15.3. The molecule has 0 radical (unpaired) electrons. The van der Waals surface area contributed by atoms with Gasteiger partial charge >= 0.3 is 18.0 Å². The lowest BCUT2D eigenvalue weighted by Crippen LogP contribution is -2.52. The molecule has 1 aromatic heterocycles. The van der Waals surface area contributed by atoms with E-state index < -0.39 is 59.1 Å². The van der Waals surface area contributed by atoms with Crippen LogP contribution in [0.2, 0.25) is 0 Å². The first kappa shape index (κ1) is 40.5. The van der Waals surface area contributed by atoms with Gasteiger partial charge in [0.2, 0.25) is 5.88 Å². The predicted octanol–water partition coefficient (Wildman–Crippen LogP) is 8.22. The molecule has 1 saturated heterocycles. The number of rotatable bonds is 15. The number of amides is 1. The van der Waals surface area contributed by atoms with Crippen molar-refractivity contribution in [1.29, 1.82) is 0 Å². The molecule has 1 aliphatic carbocycles. The Hall–Kier alpha value is -4.22. The van der Waals surface area contributed by atoms with E-state index >= 15 is 8.78 Å². The number of allylic oxidation sites excluding steroid dienone is 2. The van der Waals surface area contributed by atoms with E-state index in [1.54, 1.807) is 24.0 Å². The molecule has 0 spiro atoms. The average Bonchev–Trinajstić information content (AvgIpc) is 3.60. The van der Waals surface area contributed by atoms with Gasteiger partial charge < -0.3 is 29.2 Å². The van der Waals surface area contributed by atoms with E-state index in [0.29, 0.717) is 23.4 Å². The van der Waals surface area contributed by atoms with E-state index in [2.05, 4.69) is 41.9 Å². The van der Waals surface area contributed by atoms with Crippen LogP contribution in [0.3, 0.4) is 0 Å². The van der Waals surface area contributed by atoms with Crippen molar-refractivity contribution in [2.75, 3.05) is 20.3 Å². The van der Waals surface area contributed by atoms with Crippen LogP contribution in [0.1, 0.15) is 79.8 Å². The first-order valence-corrected chi connectivity index (χ1v) is 18.1. The highest BCUT2D eigenvalue weighted by Crippen LogP contribution is 2.40. The van der Waals surface area contributed by atoms with E-state index in [1.165, 1.54) is 13.2 Å². The van der Waals surface area contributed by atoms with Gasteiger partial charge in [0.1, 0.15) is 24.0 Å². The Morgan fingerprint density at radius 1 is 1.10 bits per heavy atom. The van der Waals surface area contributed by atoms with E-state index in [4.69, 9.17) is 18.9 Å². The van der Waals surface area contributed by atoms with Crippen molar-refractivity contribution in [1.82, 2.24) is 20.2 Å². The molecule has 286 valence electrons. The second-order valence-electron chi connectivity index (χ2n) is 15.8. The number of fused-ring (bicyclic) bond motifs is 1. The molecule has 1 N–H and O–H groups in total. The number of carbonyl (C=O) groups excluding carboxylic acids is 2. The number of alkyl halides is 2. The van der Waals surface area contributed by atoms with Crippen molar-refractivity contribution in [3.63, 3.8) is 0 Å². The Balaban J connectivity index is 1.67. The number of carbonyl (C=O) groups is 2. The van der Waals surface area contributed by atoms with Gasteiger partial charge in [-0.2, -0.15) is 8.78 Å². The summed E-state index contributed by atoms with van der Waals surface area (Å²) in [6.07, 6.45) is 4.24. The minimum absolute atomic E-state index is 0.0610. The number of aromatic nitrogens is 2. The zero-order chi connectivity index (χ0) is 38.5. The number of benzene rings is 1. The fourth-order valence-corrected chi connectivity index (χ4v) is 7.15. The van der Waals surface area contributed by atoms with Crippen LogP contribution in [0.15, 0.2) is 55.8 Å². The minimum atomic E-state index is -3.57. The molecular formula is C40H56F2N4O6. The number of esters is 1.